The van der Waals surface area contributed by atoms with Crippen molar-refractivity contribution >= 4 is 33.3 Å². The van der Waals surface area contributed by atoms with Gasteiger partial charge in [-0.25, -0.2) is 23.1 Å². The topological polar surface area (TPSA) is 104 Å². The molecule has 1 fully saturated rings. The highest BCUT2D eigenvalue weighted by atomic mass is 32.2. The first kappa shape index (κ1) is 22.5. The highest BCUT2D eigenvalue weighted by Crippen LogP contribution is 2.35. The Morgan fingerprint density at radius 1 is 1.00 bits per heavy atom. The van der Waals surface area contributed by atoms with E-state index in [2.05, 4.69) is 15.0 Å². The number of benzene rings is 2. The molecular formula is C25H27N5O3S. The fourth-order valence-corrected chi connectivity index (χ4v) is 5.87. The van der Waals surface area contributed by atoms with Gasteiger partial charge in [0.15, 0.2) is 0 Å². The molecule has 0 radical (unpaired) electrons. The zero-order valence-corrected chi connectivity index (χ0v) is 19.8. The van der Waals surface area contributed by atoms with Crippen LogP contribution >= 0.6 is 0 Å². The number of carbonyl (C=O) groups is 1. The normalized spacial score (nSPS) is 16.5. The Hall–Kier alpha value is -3.30. The molecule has 0 spiro atoms. The zero-order chi connectivity index (χ0) is 23.7. The monoisotopic (exact) mass is 477 g/mol. The van der Waals surface area contributed by atoms with Crippen LogP contribution in [0.3, 0.4) is 0 Å². The molecule has 1 aliphatic heterocycles. The number of nitrogens with one attached hydrogen (secondary N) is 2. The van der Waals surface area contributed by atoms with Gasteiger partial charge in [0.1, 0.15) is 0 Å². The molecule has 176 valence electrons. The van der Waals surface area contributed by atoms with Gasteiger partial charge < -0.3 is 10.2 Å². The largest absolute Gasteiger partial charge is 0.324 e. The van der Waals surface area contributed by atoms with E-state index in [1.807, 2.05) is 24.3 Å². The van der Waals surface area contributed by atoms with E-state index in [1.54, 1.807) is 42.4 Å². The summed E-state index contributed by atoms with van der Waals surface area (Å²) in [6.07, 6.45) is 6.96. The van der Waals surface area contributed by atoms with Crippen LogP contribution in [0.5, 0.6) is 0 Å². The molecule has 2 aromatic carbocycles. The Labute approximate surface area is 199 Å². The number of likely N-dealkylation sites (N-methyl/N-ethyl adjacent to an activating group) is 1. The van der Waals surface area contributed by atoms with Crippen molar-refractivity contribution in [2.75, 3.05) is 17.3 Å². The highest BCUT2D eigenvalue weighted by Gasteiger charge is 2.25. The Morgan fingerprint density at radius 2 is 1.74 bits per heavy atom. The highest BCUT2D eigenvalue weighted by molar-refractivity contribution is 7.89. The third-order valence-corrected chi connectivity index (χ3v) is 7.98. The van der Waals surface area contributed by atoms with E-state index in [1.165, 1.54) is 6.42 Å². The molecule has 0 unspecified atom stereocenters. The maximum absolute atomic E-state index is 12.7. The molecule has 9 heteroatoms. The van der Waals surface area contributed by atoms with Crippen LogP contribution in [0.25, 0.3) is 11.3 Å². The SMILES string of the molecule is CN1C(=O)Cc2cnc(Nc3ccc(S(=O)(=O)NC4CCCCC4)cc3)nc2-c2ccccc21. The number of hydrogen-bond acceptors (Lipinski definition) is 6. The molecule has 1 aromatic heterocycles. The van der Waals surface area contributed by atoms with Crippen LogP contribution in [0, 0.1) is 0 Å². The molecule has 0 atom stereocenters. The van der Waals surface area contributed by atoms with Gasteiger partial charge in [0.25, 0.3) is 0 Å². The van der Waals surface area contributed by atoms with Crippen molar-refractivity contribution in [1.82, 2.24) is 14.7 Å². The average Bonchev–Trinajstić information content (AvgIpc) is 2.95. The first-order valence-electron chi connectivity index (χ1n) is 11.5. The molecule has 2 aliphatic rings. The molecule has 0 saturated heterocycles. The fraction of sp³-hybridized carbons (Fsp3) is 0.320. The zero-order valence-electron chi connectivity index (χ0n) is 19.0. The van der Waals surface area contributed by atoms with Crippen LogP contribution in [0.4, 0.5) is 17.3 Å². The third kappa shape index (κ3) is 4.53. The van der Waals surface area contributed by atoms with E-state index in [0.29, 0.717) is 17.3 Å². The summed E-state index contributed by atoms with van der Waals surface area (Å²) < 4.78 is 28.3. The number of nitrogens with zero attached hydrogens (tertiary/aromatic N) is 3. The standard InChI is InChI=1S/C25H27N5O3S/c1-30-22-10-6-5-9-21(22)24-17(15-23(30)31)16-26-25(28-24)27-18-11-13-20(14-12-18)34(32,33)29-19-7-3-2-4-8-19/h5-6,9-14,16,19,29H,2-4,7-8,15H2,1H3,(H,26,27,28). The molecule has 34 heavy (non-hydrogen) atoms. The first-order chi connectivity index (χ1) is 16.4. The van der Waals surface area contributed by atoms with Gasteiger partial charge in [-0.05, 0) is 43.2 Å². The number of amides is 1. The Bertz CT molecular complexity index is 1320. The summed E-state index contributed by atoms with van der Waals surface area (Å²) >= 11 is 0. The molecule has 5 rings (SSSR count). The summed E-state index contributed by atoms with van der Waals surface area (Å²) in [6.45, 7) is 0. The van der Waals surface area contributed by atoms with Crippen molar-refractivity contribution in [1.29, 1.82) is 0 Å². The molecule has 8 nitrogen and oxygen atoms in total. The van der Waals surface area contributed by atoms with Crippen LogP contribution in [0.15, 0.2) is 59.6 Å². The minimum atomic E-state index is -3.56. The summed E-state index contributed by atoms with van der Waals surface area (Å²) in [5, 5.41) is 3.15. The second-order valence-corrected chi connectivity index (χ2v) is 10.5. The molecule has 2 N–H and O–H groups in total. The van der Waals surface area contributed by atoms with Gasteiger partial charge in [-0.15, -0.1) is 0 Å². The summed E-state index contributed by atoms with van der Waals surface area (Å²) in [4.78, 5) is 23.5. The summed E-state index contributed by atoms with van der Waals surface area (Å²) in [5.74, 6) is 0.357. The van der Waals surface area contributed by atoms with Crippen LogP contribution in [0.2, 0.25) is 0 Å². The summed E-state index contributed by atoms with van der Waals surface area (Å²) in [6, 6.07) is 14.2. The predicted molar refractivity (Wildman–Crippen MR) is 132 cm³/mol. The maximum Gasteiger partial charge on any atom is 0.240 e. The lowest BCUT2D eigenvalue weighted by Crippen LogP contribution is -2.36. The van der Waals surface area contributed by atoms with E-state index in [0.717, 1.165) is 42.5 Å². The van der Waals surface area contributed by atoms with Gasteiger partial charge in [-0.2, -0.15) is 0 Å². The van der Waals surface area contributed by atoms with Gasteiger partial charge in [-0.1, -0.05) is 37.5 Å². The summed E-state index contributed by atoms with van der Waals surface area (Å²) in [5.41, 5.74) is 3.82. The van der Waals surface area contributed by atoms with Gasteiger partial charge >= 0.3 is 0 Å². The lowest BCUT2D eigenvalue weighted by molar-refractivity contribution is -0.117. The van der Waals surface area contributed by atoms with Crippen molar-refractivity contribution in [2.45, 2.75) is 49.5 Å². The van der Waals surface area contributed by atoms with Gasteiger partial charge in [0.05, 0.1) is 22.7 Å². The number of aromatic nitrogens is 2. The molecule has 1 amide bonds. The first-order valence-corrected chi connectivity index (χ1v) is 13.0. The van der Waals surface area contributed by atoms with Crippen LogP contribution in [-0.2, 0) is 21.2 Å². The van der Waals surface area contributed by atoms with E-state index in [9.17, 15) is 13.2 Å². The van der Waals surface area contributed by atoms with Crippen LogP contribution in [0.1, 0.15) is 37.7 Å². The molecule has 3 aromatic rings. The van der Waals surface area contributed by atoms with Crippen molar-refractivity contribution in [3.63, 3.8) is 0 Å². The predicted octanol–water partition coefficient (Wildman–Crippen LogP) is 4.02. The van der Waals surface area contributed by atoms with Gasteiger partial charge in [0.2, 0.25) is 21.9 Å². The molecular weight excluding hydrogens is 450 g/mol. The molecule has 1 saturated carbocycles. The van der Waals surface area contributed by atoms with Crippen LogP contribution < -0.4 is 14.9 Å². The Morgan fingerprint density at radius 3 is 2.50 bits per heavy atom. The quantitative estimate of drug-likeness (QED) is 0.575. The van der Waals surface area contributed by atoms with Crippen molar-refractivity contribution in [3.8, 4) is 11.3 Å². The number of anilines is 3. The van der Waals surface area contributed by atoms with E-state index in [-0.39, 0.29) is 23.3 Å². The van der Waals surface area contributed by atoms with Crippen molar-refractivity contribution in [3.05, 3.63) is 60.3 Å². The Kier molecular flexibility index (Phi) is 6.05. The lowest BCUT2D eigenvalue weighted by atomic mass is 9.96. The van der Waals surface area contributed by atoms with Gasteiger partial charge in [-0.3, -0.25) is 4.79 Å². The second-order valence-electron chi connectivity index (χ2n) is 8.82. The molecule has 1 aliphatic carbocycles. The number of hydrogen-bond donors (Lipinski definition) is 2. The number of para-hydroxylation sites is 1. The smallest absolute Gasteiger partial charge is 0.240 e. The number of fused-ring (bicyclic) bond motifs is 3. The molecule has 2 heterocycles. The maximum atomic E-state index is 12.7. The van der Waals surface area contributed by atoms with E-state index in [4.69, 9.17) is 4.98 Å². The Balaban J connectivity index is 1.37. The van der Waals surface area contributed by atoms with E-state index < -0.39 is 10.0 Å². The van der Waals surface area contributed by atoms with Crippen LogP contribution in [-0.4, -0.2) is 37.4 Å². The van der Waals surface area contributed by atoms with E-state index >= 15 is 0 Å². The van der Waals surface area contributed by atoms with Crippen molar-refractivity contribution < 1.29 is 13.2 Å². The number of carbonyl (C=O) groups excluding carboxylic acids is 1. The minimum absolute atomic E-state index is 0.0123. The minimum Gasteiger partial charge on any atom is -0.324 e. The molecule has 0 bridgehead atoms. The summed E-state index contributed by atoms with van der Waals surface area (Å²) in [7, 11) is -1.79. The fourth-order valence-electron chi connectivity index (χ4n) is 4.57. The average molecular weight is 478 g/mol. The third-order valence-electron chi connectivity index (χ3n) is 6.45. The van der Waals surface area contributed by atoms with Crippen molar-refractivity contribution in [2.24, 2.45) is 0 Å². The lowest BCUT2D eigenvalue weighted by Gasteiger charge is -2.22. The second kappa shape index (κ2) is 9.15. The number of sulfonamides is 1. The van der Waals surface area contributed by atoms with Gasteiger partial charge in [0, 0.05) is 36.1 Å². The number of rotatable bonds is 5.